The molecule has 0 amide bonds. The maximum absolute atomic E-state index is 12.9. The van der Waals surface area contributed by atoms with Crippen molar-refractivity contribution < 1.29 is 26.5 Å². The average molecular weight is 346 g/mol. The summed E-state index contributed by atoms with van der Waals surface area (Å²) in [6.07, 6.45) is -5.02. The van der Waals surface area contributed by atoms with Crippen molar-refractivity contribution in [3.8, 4) is 0 Å². The summed E-state index contributed by atoms with van der Waals surface area (Å²) in [4.78, 5) is 8.54. The quantitative estimate of drug-likeness (QED) is 0.466. The van der Waals surface area contributed by atoms with Crippen LogP contribution in [0.2, 0.25) is 0 Å². The summed E-state index contributed by atoms with van der Waals surface area (Å²) in [5.41, 5.74) is -2.37. The van der Waals surface area contributed by atoms with Gasteiger partial charge in [0.15, 0.2) is 9.84 Å². The van der Waals surface area contributed by atoms with Crippen molar-refractivity contribution in [3.63, 3.8) is 0 Å². The Kier molecular flexibility index (Phi) is 5.21. The van der Waals surface area contributed by atoms with Gasteiger partial charge in [-0.25, -0.2) is 8.42 Å². The van der Waals surface area contributed by atoms with E-state index >= 15 is 0 Å². The number of benzene rings is 1. The second-order valence-corrected chi connectivity index (χ2v) is 6.79. The third-order valence-corrected chi connectivity index (χ3v) is 5.14. The molecule has 10 heteroatoms. The van der Waals surface area contributed by atoms with Gasteiger partial charge in [-0.1, -0.05) is 6.92 Å². The SMILES string of the molecule is CC(CCl)CS(=O)(=O)c1ccc([N+](=O)[O-])cc1C(F)(F)F. The summed E-state index contributed by atoms with van der Waals surface area (Å²) in [6, 6.07) is 1.56. The predicted octanol–water partition coefficient (Wildman–Crippen LogP) is 3.26. The summed E-state index contributed by atoms with van der Waals surface area (Å²) >= 11 is 5.47. The van der Waals surface area contributed by atoms with E-state index in [4.69, 9.17) is 11.6 Å². The molecule has 0 saturated carbocycles. The van der Waals surface area contributed by atoms with E-state index in [-0.39, 0.29) is 11.9 Å². The van der Waals surface area contributed by atoms with Crippen molar-refractivity contribution in [2.75, 3.05) is 11.6 Å². The minimum Gasteiger partial charge on any atom is -0.258 e. The summed E-state index contributed by atoms with van der Waals surface area (Å²) in [7, 11) is -4.25. The molecule has 0 N–H and O–H groups in total. The van der Waals surface area contributed by atoms with Crippen LogP contribution < -0.4 is 0 Å². The molecular formula is C11H11ClF3NO4S. The number of sulfone groups is 1. The maximum atomic E-state index is 12.9. The lowest BCUT2D eigenvalue weighted by molar-refractivity contribution is -0.385. The standard InChI is InChI=1S/C11H11ClF3NO4S/c1-7(5-12)6-21(19,20)10-3-2-8(16(17)18)4-9(10)11(13,14)15/h2-4,7H,5-6H2,1H3. The maximum Gasteiger partial charge on any atom is 0.417 e. The highest BCUT2D eigenvalue weighted by Crippen LogP contribution is 2.37. The topological polar surface area (TPSA) is 77.3 Å². The first-order valence-corrected chi connectivity index (χ1v) is 7.82. The largest absolute Gasteiger partial charge is 0.417 e. The summed E-state index contributed by atoms with van der Waals surface area (Å²) in [6.45, 7) is 1.48. The highest BCUT2D eigenvalue weighted by molar-refractivity contribution is 7.91. The number of nitro groups is 1. The monoisotopic (exact) mass is 345 g/mol. The van der Waals surface area contributed by atoms with Gasteiger partial charge in [-0.3, -0.25) is 10.1 Å². The number of halogens is 4. The lowest BCUT2D eigenvalue weighted by atomic mass is 10.2. The van der Waals surface area contributed by atoms with Crippen LogP contribution in [0.15, 0.2) is 23.1 Å². The Bertz CT molecular complexity index is 645. The number of alkyl halides is 4. The second-order valence-electron chi connectivity index (χ2n) is 4.48. The molecule has 0 fully saturated rings. The van der Waals surface area contributed by atoms with Crippen LogP contribution in [0.1, 0.15) is 12.5 Å². The number of hydrogen-bond acceptors (Lipinski definition) is 4. The molecule has 118 valence electrons. The molecule has 0 aromatic heterocycles. The van der Waals surface area contributed by atoms with Gasteiger partial charge in [0.05, 0.1) is 21.1 Å². The van der Waals surface area contributed by atoms with E-state index in [0.29, 0.717) is 6.07 Å². The van der Waals surface area contributed by atoms with Gasteiger partial charge in [0.1, 0.15) is 0 Å². The van der Waals surface area contributed by atoms with Crippen molar-refractivity contribution in [1.29, 1.82) is 0 Å². The fourth-order valence-corrected chi connectivity index (χ4v) is 3.70. The number of non-ortho nitro benzene ring substituents is 1. The third-order valence-electron chi connectivity index (χ3n) is 2.58. The molecule has 1 aromatic rings. The van der Waals surface area contributed by atoms with E-state index in [1.165, 1.54) is 6.92 Å². The first kappa shape index (κ1) is 17.7. The average Bonchev–Trinajstić information content (AvgIpc) is 2.36. The summed E-state index contributed by atoms with van der Waals surface area (Å²) in [5, 5.41) is 10.5. The highest BCUT2D eigenvalue weighted by Gasteiger charge is 2.38. The van der Waals surface area contributed by atoms with E-state index < -0.39 is 48.8 Å². The van der Waals surface area contributed by atoms with Gasteiger partial charge >= 0.3 is 6.18 Å². The molecule has 21 heavy (non-hydrogen) atoms. The number of hydrogen-bond donors (Lipinski definition) is 0. The Hall–Kier alpha value is -1.35. The molecule has 1 atom stereocenters. The second kappa shape index (κ2) is 6.18. The van der Waals surface area contributed by atoms with E-state index in [0.717, 1.165) is 6.07 Å². The number of nitrogens with zero attached hydrogens (tertiary/aromatic N) is 1. The molecule has 1 rings (SSSR count). The van der Waals surface area contributed by atoms with Crippen molar-refractivity contribution in [2.24, 2.45) is 5.92 Å². The molecule has 0 saturated heterocycles. The van der Waals surface area contributed by atoms with Gasteiger partial charge in [-0.05, 0) is 12.0 Å². The van der Waals surface area contributed by atoms with Crippen molar-refractivity contribution in [3.05, 3.63) is 33.9 Å². The Morgan fingerprint density at radius 2 is 1.95 bits per heavy atom. The van der Waals surface area contributed by atoms with Crippen LogP contribution in [-0.2, 0) is 16.0 Å². The molecule has 0 bridgehead atoms. The highest BCUT2D eigenvalue weighted by atomic mass is 35.5. The third kappa shape index (κ3) is 4.31. The minimum absolute atomic E-state index is 0.0342. The Morgan fingerprint density at radius 1 is 1.38 bits per heavy atom. The molecule has 1 unspecified atom stereocenters. The van der Waals surface area contributed by atoms with Crippen LogP contribution in [0.4, 0.5) is 18.9 Å². The predicted molar refractivity (Wildman–Crippen MR) is 70.0 cm³/mol. The molecule has 0 radical (unpaired) electrons. The van der Waals surface area contributed by atoms with Crippen LogP contribution in [0, 0.1) is 16.0 Å². The van der Waals surface area contributed by atoms with Crippen molar-refractivity contribution in [2.45, 2.75) is 18.0 Å². The van der Waals surface area contributed by atoms with Crippen molar-refractivity contribution in [1.82, 2.24) is 0 Å². The van der Waals surface area contributed by atoms with Crippen LogP contribution in [0.5, 0.6) is 0 Å². The molecule has 5 nitrogen and oxygen atoms in total. The van der Waals surface area contributed by atoms with Gasteiger partial charge in [-0.2, -0.15) is 13.2 Å². The molecule has 0 spiro atoms. The molecule has 1 aromatic carbocycles. The Morgan fingerprint density at radius 3 is 2.38 bits per heavy atom. The van der Waals surface area contributed by atoms with Crippen molar-refractivity contribution >= 4 is 27.1 Å². The minimum atomic E-state index is -5.02. The lowest BCUT2D eigenvalue weighted by Crippen LogP contribution is -2.19. The fourth-order valence-electron chi connectivity index (χ4n) is 1.63. The molecule has 0 aliphatic rings. The summed E-state index contributed by atoms with van der Waals surface area (Å²) in [5.74, 6) is -1.15. The zero-order valence-corrected chi connectivity index (χ0v) is 12.3. The van der Waals surface area contributed by atoms with Crippen LogP contribution in [-0.4, -0.2) is 25.0 Å². The molecule has 0 aliphatic carbocycles. The summed E-state index contributed by atoms with van der Waals surface area (Å²) < 4.78 is 62.8. The smallest absolute Gasteiger partial charge is 0.258 e. The fraction of sp³-hybridized carbons (Fsp3) is 0.455. The Labute approximate surface area is 123 Å². The van der Waals surface area contributed by atoms with E-state index in [1.54, 1.807) is 0 Å². The van der Waals surface area contributed by atoms with E-state index in [1.807, 2.05) is 0 Å². The van der Waals surface area contributed by atoms with E-state index in [9.17, 15) is 31.7 Å². The van der Waals surface area contributed by atoms with Gasteiger partial charge in [0, 0.05) is 18.0 Å². The van der Waals surface area contributed by atoms with Gasteiger partial charge in [0.25, 0.3) is 5.69 Å². The molecule has 0 aliphatic heterocycles. The van der Waals surface area contributed by atoms with Crippen LogP contribution in [0.25, 0.3) is 0 Å². The first-order chi connectivity index (χ1) is 9.49. The first-order valence-electron chi connectivity index (χ1n) is 5.63. The van der Waals surface area contributed by atoms with Gasteiger partial charge < -0.3 is 0 Å². The molecule has 0 heterocycles. The zero-order valence-electron chi connectivity index (χ0n) is 10.7. The van der Waals surface area contributed by atoms with Crippen LogP contribution in [0.3, 0.4) is 0 Å². The van der Waals surface area contributed by atoms with Gasteiger partial charge in [-0.15, -0.1) is 11.6 Å². The number of nitro benzene ring substituents is 1. The lowest BCUT2D eigenvalue weighted by Gasteiger charge is -2.14. The van der Waals surface area contributed by atoms with Gasteiger partial charge in [0.2, 0.25) is 0 Å². The number of rotatable bonds is 5. The molecular weight excluding hydrogens is 335 g/mol. The van der Waals surface area contributed by atoms with Crippen LogP contribution >= 0.6 is 11.6 Å². The Balaban J connectivity index is 3.46. The van der Waals surface area contributed by atoms with E-state index in [2.05, 4.69) is 0 Å². The zero-order chi connectivity index (χ0) is 16.4. The normalized spacial score (nSPS) is 14.0.